The molecule has 4 unspecified atom stereocenters. The minimum absolute atomic E-state index is 0.0913. The first-order valence-electron chi connectivity index (χ1n) is 7.03. The molecule has 0 spiro atoms. The van der Waals surface area contributed by atoms with Gasteiger partial charge < -0.3 is 25.4 Å². The third kappa shape index (κ3) is 6.68. The molecule has 0 aromatic heterocycles. The van der Waals surface area contributed by atoms with Crippen LogP contribution >= 0.6 is 12.6 Å². The average molecular weight is 309 g/mol. The Bertz CT molecular complexity index is 263. The minimum Gasteiger partial charge on any atom is -0.394 e. The Morgan fingerprint density at radius 3 is 2.80 bits per heavy atom. The van der Waals surface area contributed by atoms with Crippen LogP contribution in [0.25, 0.3) is 0 Å². The average Bonchev–Trinajstić information content (AvgIpc) is 2.42. The van der Waals surface area contributed by atoms with Gasteiger partial charge in [0.2, 0.25) is 0 Å². The molecule has 0 aliphatic carbocycles. The molecule has 1 aliphatic rings. The third-order valence-electron chi connectivity index (χ3n) is 3.21. The van der Waals surface area contributed by atoms with Crippen molar-refractivity contribution in [3.05, 3.63) is 0 Å². The molecule has 1 rings (SSSR count). The standard InChI is InChI=1S/C12H27N3O4S/c1-2-14-12(20)15-10-7-19-9(3-11(10)18)5-13-4-8(17)6-16/h8-18,20H,2-7H2,1H3/t8?,9?,10-,11?,12?/m0/s1. The number of rotatable bonds is 9. The van der Waals surface area contributed by atoms with Gasteiger partial charge in [-0.15, -0.1) is 12.6 Å². The molecule has 0 saturated carbocycles. The lowest BCUT2D eigenvalue weighted by molar-refractivity contribution is -0.0661. The van der Waals surface area contributed by atoms with Crippen molar-refractivity contribution in [2.24, 2.45) is 0 Å². The molecule has 0 bridgehead atoms. The zero-order valence-corrected chi connectivity index (χ0v) is 12.7. The van der Waals surface area contributed by atoms with Gasteiger partial charge in [-0.2, -0.15) is 0 Å². The van der Waals surface area contributed by atoms with E-state index in [1.807, 2.05) is 6.92 Å². The van der Waals surface area contributed by atoms with Crippen LogP contribution in [0.15, 0.2) is 0 Å². The highest BCUT2D eigenvalue weighted by Gasteiger charge is 2.30. The summed E-state index contributed by atoms with van der Waals surface area (Å²) >= 11 is 4.32. The maximum atomic E-state index is 10.1. The summed E-state index contributed by atoms with van der Waals surface area (Å²) in [5.74, 6) is 0. The van der Waals surface area contributed by atoms with E-state index in [1.54, 1.807) is 0 Å². The van der Waals surface area contributed by atoms with E-state index in [9.17, 15) is 10.2 Å². The second-order valence-corrected chi connectivity index (χ2v) is 5.50. The Balaban J connectivity index is 2.21. The van der Waals surface area contributed by atoms with Crippen LogP contribution in [0.2, 0.25) is 0 Å². The molecule has 1 aliphatic heterocycles. The largest absolute Gasteiger partial charge is 0.394 e. The Labute approximate surface area is 125 Å². The van der Waals surface area contributed by atoms with Crippen molar-refractivity contribution in [1.82, 2.24) is 16.0 Å². The number of ether oxygens (including phenoxy) is 1. The Morgan fingerprint density at radius 2 is 2.20 bits per heavy atom. The molecule has 0 radical (unpaired) electrons. The van der Waals surface area contributed by atoms with E-state index in [2.05, 4.69) is 28.6 Å². The molecule has 20 heavy (non-hydrogen) atoms. The first-order valence-corrected chi connectivity index (χ1v) is 7.55. The molecule has 0 amide bonds. The molecule has 7 nitrogen and oxygen atoms in total. The molecule has 1 heterocycles. The van der Waals surface area contributed by atoms with Crippen molar-refractivity contribution in [3.8, 4) is 0 Å². The van der Waals surface area contributed by atoms with Gasteiger partial charge in [0, 0.05) is 19.5 Å². The smallest absolute Gasteiger partial charge is 0.103 e. The van der Waals surface area contributed by atoms with Gasteiger partial charge in [0.1, 0.15) is 5.50 Å². The van der Waals surface area contributed by atoms with Gasteiger partial charge in [-0.25, -0.2) is 0 Å². The molecule has 8 heteroatoms. The van der Waals surface area contributed by atoms with Gasteiger partial charge in [0.15, 0.2) is 0 Å². The van der Waals surface area contributed by atoms with Crippen LogP contribution < -0.4 is 16.0 Å². The van der Waals surface area contributed by atoms with Gasteiger partial charge in [-0.3, -0.25) is 10.6 Å². The van der Waals surface area contributed by atoms with Crippen LogP contribution in [0, 0.1) is 0 Å². The van der Waals surface area contributed by atoms with Gasteiger partial charge in [0.05, 0.1) is 37.6 Å². The second kappa shape index (κ2) is 9.91. The van der Waals surface area contributed by atoms with E-state index < -0.39 is 12.2 Å². The molecule has 6 N–H and O–H groups in total. The maximum Gasteiger partial charge on any atom is 0.103 e. The predicted octanol–water partition coefficient (Wildman–Crippen LogP) is -2.14. The zero-order valence-electron chi connectivity index (χ0n) is 11.8. The van der Waals surface area contributed by atoms with Crippen LogP contribution in [0.1, 0.15) is 13.3 Å². The minimum atomic E-state index is -0.761. The van der Waals surface area contributed by atoms with Crippen molar-refractivity contribution in [1.29, 1.82) is 0 Å². The van der Waals surface area contributed by atoms with Gasteiger partial charge in [-0.1, -0.05) is 6.92 Å². The number of aliphatic hydroxyl groups is 3. The summed E-state index contributed by atoms with van der Waals surface area (Å²) in [6.07, 6.45) is -0.826. The Hall–Kier alpha value is 0.0700. The lowest BCUT2D eigenvalue weighted by atomic mass is 10.0. The number of nitrogens with one attached hydrogen (secondary N) is 3. The van der Waals surface area contributed by atoms with Crippen LogP contribution in [-0.4, -0.2) is 78.0 Å². The number of thiol groups is 1. The lowest BCUT2D eigenvalue weighted by Gasteiger charge is -2.35. The highest BCUT2D eigenvalue weighted by molar-refractivity contribution is 7.80. The second-order valence-electron chi connectivity index (χ2n) is 4.99. The van der Waals surface area contributed by atoms with Crippen LogP contribution in [-0.2, 0) is 4.74 Å². The normalized spacial score (nSPS) is 30.1. The van der Waals surface area contributed by atoms with E-state index in [1.165, 1.54) is 0 Å². The maximum absolute atomic E-state index is 10.1. The molecule has 5 atom stereocenters. The van der Waals surface area contributed by atoms with Crippen molar-refractivity contribution in [2.45, 2.75) is 43.2 Å². The fraction of sp³-hybridized carbons (Fsp3) is 1.00. The molecular weight excluding hydrogens is 282 g/mol. The lowest BCUT2D eigenvalue weighted by Crippen LogP contribution is -2.56. The first-order chi connectivity index (χ1) is 9.56. The summed E-state index contributed by atoms with van der Waals surface area (Å²) in [6.45, 7) is 3.79. The number of hydrogen-bond acceptors (Lipinski definition) is 8. The van der Waals surface area contributed by atoms with E-state index in [-0.39, 0.29) is 24.3 Å². The molecule has 0 aromatic rings. The van der Waals surface area contributed by atoms with E-state index in [4.69, 9.17) is 9.84 Å². The highest BCUT2D eigenvalue weighted by atomic mass is 32.1. The van der Waals surface area contributed by atoms with Gasteiger partial charge >= 0.3 is 0 Å². The van der Waals surface area contributed by atoms with E-state index >= 15 is 0 Å². The Kier molecular flexibility index (Phi) is 8.98. The summed E-state index contributed by atoms with van der Waals surface area (Å²) in [6, 6.07) is -0.143. The molecule has 1 saturated heterocycles. The third-order valence-corrected chi connectivity index (χ3v) is 3.54. The predicted molar refractivity (Wildman–Crippen MR) is 79.7 cm³/mol. The number of aliphatic hydroxyl groups excluding tert-OH is 3. The first kappa shape index (κ1) is 18.1. The topological polar surface area (TPSA) is 106 Å². The summed E-state index contributed by atoms with van der Waals surface area (Å²) in [5.41, 5.74) is -0.169. The zero-order chi connectivity index (χ0) is 15.0. The molecular formula is C12H27N3O4S. The SMILES string of the molecule is CCNC(S)N[C@H]1COC(CNCC(O)CO)CC1O. The summed E-state index contributed by atoms with van der Waals surface area (Å²) in [4.78, 5) is 0. The summed E-state index contributed by atoms with van der Waals surface area (Å²) < 4.78 is 5.66. The summed E-state index contributed by atoms with van der Waals surface area (Å²) in [7, 11) is 0. The van der Waals surface area contributed by atoms with Crippen molar-refractivity contribution < 1.29 is 20.1 Å². The molecule has 1 fully saturated rings. The van der Waals surface area contributed by atoms with Gasteiger partial charge in [0.25, 0.3) is 0 Å². The summed E-state index contributed by atoms with van der Waals surface area (Å²) in [5, 5.41) is 37.3. The van der Waals surface area contributed by atoms with E-state index in [0.29, 0.717) is 26.1 Å². The van der Waals surface area contributed by atoms with Crippen molar-refractivity contribution in [3.63, 3.8) is 0 Å². The fourth-order valence-corrected chi connectivity index (χ4v) is 2.46. The number of hydrogen-bond donors (Lipinski definition) is 7. The fourth-order valence-electron chi connectivity index (χ4n) is 2.08. The van der Waals surface area contributed by atoms with E-state index in [0.717, 1.165) is 6.54 Å². The highest BCUT2D eigenvalue weighted by Crippen LogP contribution is 2.14. The van der Waals surface area contributed by atoms with Gasteiger partial charge in [-0.05, 0) is 6.54 Å². The molecule has 120 valence electrons. The van der Waals surface area contributed by atoms with Crippen molar-refractivity contribution in [2.75, 3.05) is 32.8 Å². The van der Waals surface area contributed by atoms with Crippen LogP contribution in [0.5, 0.6) is 0 Å². The quantitative estimate of drug-likeness (QED) is 0.193. The van der Waals surface area contributed by atoms with Crippen molar-refractivity contribution >= 4 is 12.6 Å². The molecule has 0 aromatic carbocycles. The van der Waals surface area contributed by atoms with Crippen LogP contribution in [0.3, 0.4) is 0 Å². The Morgan fingerprint density at radius 1 is 1.45 bits per heavy atom. The van der Waals surface area contributed by atoms with Crippen LogP contribution in [0.4, 0.5) is 0 Å². The monoisotopic (exact) mass is 309 g/mol.